The number of nitriles is 1. The summed E-state index contributed by atoms with van der Waals surface area (Å²) in [5.41, 5.74) is 6.09. The van der Waals surface area contributed by atoms with Crippen LogP contribution in [0.15, 0.2) is 36.0 Å². The number of carbonyl (C=O) groups is 2. The number of hydrogen-bond donors (Lipinski definition) is 2. The Morgan fingerprint density at radius 2 is 1.96 bits per heavy atom. The minimum atomic E-state index is -0.573. The zero-order chi connectivity index (χ0) is 17.5. The average molecular weight is 326 g/mol. The Morgan fingerprint density at radius 1 is 1.29 bits per heavy atom. The second kappa shape index (κ2) is 8.16. The number of hydrogen-bond acceptors (Lipinski definition) is 4. The lowest BCUT2D eigenvalue weighted by Crippen LogP contribution is -2.39. The lowest BCUT2D eigenvalue weighted by atomic mass is 9.94. The zero-order valence-corrected chi connectivity index (χ0v) is 13.8. The largest absolute Gasteiger partial charge is 0.366 e. The van der Waals surface area contributed by atoms with Crippen LogP contribution in [-0.4, -0.2) is 29.8 Å². The van der Waals surface area contributed by atoms with E-state index in [1.807, 2.05) is 6.07 Å². The predicted octanol–water partition coefficient (Wildman–Crippen LogP) is 2.40. The topological polar surface area (TPSA) is 99.2 Å². The van der Waals surface area contributed by atoms with Gasteiger partial charge in [-0.2, -0.15) is 5.26 Å². The van der Waals surface area contributed by atoms with E-state index >= 15 is 0 Å². The number of rotatable bonds is 5. The van der Waals surface area contributed by atoms with Gasteiger partial charge in [0.1, 0.15) is 11.6 Å². The number of carbonyl (C=O) groups excluding carboxylic acids is 2. The van der Waals surface area contributed by atoms with Crippen molar-refractivity contribution in [2.45, 2.75) is 38.1 Å². The smallest absolute Gasteiger partial charge is 0.266 e. The molecule has 1 aromatic rings. The van der Waals surface area contributed by atoms with E-state index in [0.29, 0.717) is 11.3 Å². The van der Waals surface area contributed by atoms with Crippen LogP contribution in [0, 0.1) is 11.3 Å². The van der Waals surface area contributed by atoms with Crippen molar-refractivity contribution < 1.29 is 9.59 Å². The highest BCUT2D eigenvalue weighted by atomic mass is 16.2. The quantitative estimate of drug-likeness (QED) is 0.641. The van der Waals surface area contributed by atoms with Crippen LogP contribution >= 0.6 is 0 Å². The van der Waals surface area contributed by atoms with Gasteiger partial charge in [0.2, 0.25) is 0 Å². The molecule has 0 aliphatic heterocycles. The molecule has 0 heterocycles. The Bertz CT molecular complexity index is 685. The van der Waals surface area contributed by atoms with Gasteiger partial charge in [0.05, 0.1) is 11.3 Å². The summed E-state index contributed by atoms with van der Waals surface area (Å²) in [4.78, 5) is 25.6. The van der Waals surface area contributed by atoms with Crippen molar-refractivity contribution in [1.29, 1.82) is 5.26 Å². The molecular formula is C18H22N4O2. The first-order valence-corrected chi connectivity index (χ1v) is 8.07. The van der Waals surface area contributed by atoms with Crippen LogP contribution in [0.5, 0.6) is 0 Å². The number of anilines is 1. The molecule has 1 aromatic carbocycles. The van der Waals surface area contributed by atoms with Gasteiger partial charge in [-0.05, 0) is 25.0 Å². The Morgan fingerprint density at radius 3 is 2.58 bits per heavy atom. The molecule has 0 atom stereocenters. The van der Waals surface area contributed by atoms with E-state index in [2.05, 4.69) is 5.32 Å². The third-order valence-corrected chi connectivity index (χ3v) is 4.36. The monoisotopic (exact) mass is 326 g/mol. The van der Waals surface area contributed by atoms with E-state index in [1.165, 1.54) is 12.6 Å². The van der Waals surface area contributed by atoms with Gasteiger partial charge in [-0.3, -0.25) is 9.59 Å². The highest BCUT2D eigenvalue weighted by Crippen LogP contribution is 2.23. The van der Waals surface area contributed by atoms with Crippen molar-refractivity contribution in [3.63, 3.8) is 0 Å². The van der Waals surface area contributed by atoms with Crippen LogP contribution in [-0.2, 0) is 4.79 Å². The second-order valence-corrected chi connectivity index (χ2v) is 5.93. The number of benzene rings is 1. The fourth-order valence-corrected chi connectivity index (χ4v) is 2.94. The number of primary amides is 1. The highest BCUT2D eigenvalue weighted by molar-refractivity contribution is 6.00. The van der Waals surface area contributed by atoms with Gasteiger partial charge >= 0.3 is 0 Å². The Balaban J connectivity index is 2.13. The number of nitrogens with one attached hydrogen (secondary N) is 1. The lowest BCUT2D eigenvalue weighted by molar-refractivity contribution is -0.128. The van der Waals surface area contributed by atoms with Crippen molar-refractivity contribution in [2.75, 3.05) is 12.4 Å². The number of nitrogens with zero attached hydrogens (tertiary/aromatic N) is 2. The normalized spacial score (nSPS) is 15.4. The maximum atomic E-state index is 12.5. The summed E-state index contributed by atoms with van der Waals surface area (Å²) in [5, 5.41) is 12.2. The molecule has 126 valence electrons. The molecule has 3 N–H and O–H groups in total. The molecule has 6 nitrogen and oxygen atoms in total. The number of amides is 2. The van der Waals surface area contributed by atoms with Crippen molar-refractivity contribution in [2.24, 2.45) is 5.73 Å². The summed E-state index contributed by atoms with van der Waals surface area (Å²) in [6, 6.07) is 8.80. The van der Waals surface area contributed by atoms with Crippen LogP contribution in [0.4, 0.5) is 5.69 Å². The summed E-state index contributed by atoms with van der Waals surface area (Å²) in [7, 11) is 1.74. The third-order valence-electron chi connectivity index (χ3n) is 4.36. The van der Waals surface area contributed by atoms with Crippen LogP contribution in [0.3, 0.4) is 0 Å². The number of likely N-dealkylation sites (N-methyl/N-ethyl adjacent to an activating group) is 1. The zero-order valence-electron chi connectivity index (χ0n) is 13.8. The fourth-order valence-electron chi connectivity index (χ4n) is 2.94. The van der Waals surface area contributed by atoms with Crippen LogP contribution in [0.25, 0.3) is 0 Å². The maximum absolute atomic E-state index is 12.5. The first-order chi connectivity index (χ1) is 11.5. The minimum Gasteiger partial charge on any atom is -0.366 e. The van der Waals surface area contributed by atoms with Crippen LogP contribution < -0.4 is 11.1 Å². The van der Waals surface area contributed by atoms with Crippen molar-refractivity contribution >= 4 is 17.5 Å². The minimum absolute atomic E-state index is 0.00217. The molecule has 2 amide bonds. The van der Waals surface area contributed by atoms with Crippen molar-refractivity contribution in [3.05, 3.63) is 41.6 Å². The molecular weight excluding hydrogens is 304 g/mol. The Labute approximate surface area is 141 Å². The maximum Gasteiger partial charge on any atom is 0.266 e. The van der Waals surface area contributed by atoms with E-state index in [1.54, 1.807) is 36.2 Å². The summed E-state index contributed by atoms with van der Waals surface area (Å²) >= 11 is 0. The van der Waals surface area contributed by atoms with Gasteiger partial charge in [0, 0.05) is 19.3 Å². The molecule has 0 radical (unpaired) electrons. The van der Waals surface area contributed by atoms with Gasteiger partial charge in [0.15, 0.2) is 0 Å². The summed E-state index contributed by atoms with van der Waals surface area (Å²) in [6.45, 7) is 0. The molecule has 2 rings (SSSR count). The average Bonchev–Trinajstić information content (AvgIpc) is 2.62. The summed E-state index contributed by atoms with van der Waals surface area (Å²) in [6.07, 6.45) is 6.70. The molecule has 1 aliphatic carbocycles. The molecule has 0 spiro atoms. The highest BCUT2D eigenvalue weighted by Gasteiger charge is 2.24. The van der Waals surface area contributed by atoms with E-state index < -0.39 is 5.91 Å². The molecule has 0 unspecified atom stereocenters. The molecule has 0 bridgehead atoms. The molecule has 1 aliphatic rings. The molecule has 0 saturated heterocycles. The Hall–Kier alpha value is -2.81. The molecule has 0 aromatic heterocycles. The van der Waals surface area contributed by atoms with E-state index in [0.717, 1.165) is 25.7 Å². The molecule has 1 saturated carbocycles. The number of nitrogens with two attached hydrogens (primary N) is 1. The third kappa shape index (κ3) is 4.13. The summed E-state index contributed by atoms with van der Waals surface area (Å²) in [5.74, 6) is -0.885. The van der Waals surface area contributed by atoms with Gasteiger partial charge < -0.3 is 16.0 Å². The second-order valence-electron chi connectivity index (χ2n) is 5.93. The molecule has 24 heavy (non-hydrogen) atoms. The fraction of sp³-hybridized carbons (Fsp3) is 0.389. The van der Waals surface area contributed by atoms with Crippen molar-refractivity contribution in [1.82, 2.24) is 4.90 Å². The SMILES string of the molecule is CN(C(=O)/C(C#N)=C\Nc1ccccc1C(N)=O)C1CCCCC1. The first kappa shape index (κ1) is 17.5. The van der Waals surface area contributed by atoms with Gasteiger partial charge in [-0.25, -0.2) is 0 Å². The van der Waals surface area contributed by atoms with E-state index in [9.17, 15) is 14.9 Å². The molecule has 1 fully saturated rings. The predicted molar refractivity (Wildman–Crippen MR) is 91.9 cm³/mol. The van der Waals surface area contributed by atoms with Crippen molar-refractivity contribution in [3.8, 4) is 6.07 Å². The summed E-state index contributed by atoms with van der Waals surface area (Å²) < 4.78 is 0. The first-order valence-electron chi connectivity index (χ1n) is 8.07. The van der Waals surface area contributed by atoms with Crippen LogP contribution in [0.1, 0.15) is 42.5 Å². The molecule has 6 heteroatoms. The van der Waals surface area contributed by atoms with Gasteiger partial charge in [0.25, 0.3) is 11.8 Å². The lowest BCUT2D eigenvalue weighted by Gasteiger charge is -2.31. The Kier molecular flexibility index (Phi) is 5.96. The standard InChI is InChI=1S/C18H22N4O2/c1-22(14-7-3-2-4-8-14)18(24)13(11-19)12-21-16-10-6-5-9-15(16)17(20)23/h5-6,9-10,12,14,21H,2-4,7-8H2,1H3,(H2,20,23)/b13-12-. The van der Waals surface area contributed by atoms with Gasteiger partial charge in [-0.1, -0.05) is 31.4 Å². The van der Waals surface area contributed by atoms with E-state index in [-0.39, 0.29) is 17.5 Å². The van der Waals surface area contributed by atoms with E-state index in [4.69, 9.17) is 5.73 Å². The number of para-hydroxylation sites is 1. The van der Waals surface area contributed by atoms with Crippen LogP contribution in [0.2, 0.25) is 0 Å². The van der Waals surface area contributed by atoms with Gasteiger partial charge in [-0.15, -0.1) is 0 Å².